The zero-order valence-corrected chi connectivity index (χ0v) is 14.2. The van der Waals surface area contributed by atoms with Gasteiger partial charge < -0.3 is 9.47 Å². The summed E-state index contributed by atoms with van der Waals surface area (Å²) in [5, 5.41) is 0.591. The highest BCUT2D eigenvalue weighted by atomic mass is 32.3. The van der Waals surface area contributed by atoms with E-state index in [1.54, 1.807) is 0 Å². The van der Waals surface area contributed by atoms with E-state index in [1.165, 1.54) is 4.90 Å². The summed E-state index contributed by atoms with van der Waals surface area (Å²) in [6, 6.07) is 1.55. The lowest BCUT2D eigenvalue weighted by Crippen LogP contribution is -2.49. The van der Waals surface area contributed by atoms with Gasteiger partial charge in [0, 0.05) is 25.5 Å². The maximum absolute atomic E-state index is 12.3. The van der Waals surface area contributed by atoms with E-state index in [9.17, 15) is 18.0 Å². The third kappa shape index (κ3) is 3.76. The standard InChI is InChI=1S/C13H18N4O7S/c1-15-6-2-3-10(15)8-23-14-12(18)11-5-4-9-7-16(11)13(19)17(9)24-25(20,21)22/h2-3,6,9,11H,4-5,7-8H2,1H3,(H,14,18)(H,20,21,22)/t9?,11-/m0/s1. The summed E-state index contributed by atoms with van der Waals surface area (Å²) in [6.45, 7) is 0.292. The van der Waals surface area contributed by atoms with Gasteiger partial charge in [-0.15, -0.1) is 4.28 Å². The number of carbonyl (C=O) groups excluding carboxylic acids is 2. The molecule has 2 saturated heterocycles. The number of amides is 3. The lowest BCUT2D eigenvalue weighted by Gasteiger charge is -2.28. The first-order valence-corrected chi connectivity index (χ1v) is 8.91. The molecule has 1 aromatic heterocycles. The van der Waals surface area contributed by atoms with Gasteiger partial charge in [0.15, 0.2) is 0 Å². The molecular weight excluding hydrogens is 356 g/mol. The molecule has 0 saturated carbocycles. The van der Waals surface area contributed by atoms with Gasteiger partial charge in [0.2, 0.25) is 0 Å². The van der Waals surface area contributed by atoms with Crippen molar-refractivity contribution in [3.63, 3.8) is 0 Å². The molecule has 12 heteroatoms. The topological polar surface area (TPSA) is 130 Å². The molecule has 11 nitrogen and oxygen atoms in total. The monoisotopic (exact) mass is 374 g/mol. The van der Waals surface area contributed by atoms with Crippen molar-refractivity contribution < 1.29 is 31.7 Å². The van der Waals surface area contributed by atoms with Gasteiger partial charge >= 0.3 is 16.4 Å². The normalized spacial score (nSPS) is 23.2. The van der Waals surface area contributed by atoms with Crippen LogP contribution in [0.5, 0.6) is 0 Å². The van der Waals surface area contributed by atoms with Crippen molar-refractivity contribution in [3.05, 3.63) is 24.0 Å². The predicted molar refractivity (Wildman–Crippen MR) is 81.7 cm³/mol. The first kappa shape index (κ1) is 17.7. The molecule has 2 N–H and O–H groups in total. The molecule has 25 heavy (non-hydrogen) atoms. The summed E-state index contributed by atoms with van der Waals surface area (Å²) < 4.78 is 36.6. The van der Waals surface area contributed by atoms with Gasteiger partial charge in [-0.25, -0.2) is 10.3 Å². The van der Waals surface area contributed by atoms with E-state index in [0.29, 0.717) is 17.9 Å². The zero-order chi connectivity index (χ0) is 18.2. The van der Waals surface area contributed by atoms with E-state index < -0.39 is 34.4 Å². The van der Waals surface area contributed by atoms with E-state index in [4.69, 9.17) is 9.39 Å². The minimum atomic E-state index is -4.81. The van der Waals surface area contributed by atoms with E-state index in [1.807, 2.05) is 29.9 Å². The lowest BCUT2D eigenvalue weighted by atomic mass is 10.0. The van der Waals surface area contributed by atoms with Crippen molar-refractivity contribution in [3.8, 4) is 0 Å². The molecule has 2 atom stereocenters. The summed E-state index contributed by atoms with van der Waals surface area (Å²) in [5.74, 6) is -0.505. The highest BCUT2D eigenvalue weighted by Gasteiger charge is 2.49. The average Bonchev–Trinajstić information content (AvgIpc) is 3.04. The highest BCUT2D eigenvalue weighted by Crippen LogP contribution is 2.30. The second-order valence-corrected chi connectivity index (χ2v) is 6.88. The molecular formula is C13H18N4O7S. The summed E-state index contributed by atoms with van der Waals surface area (Å²) >= 11 is 0. The second-order valence-electron chi connectivity index (χ2n) is 5.88. The Balaban J connectivity index is 1.58. The van der Waals surface area contributed by atoms with Crippen molar-refractivity contribution >= 4 is 22.3 Å². The Morgan fingerprint density at radius 2 is 2.20 bits per heavy atom. The van der Waals surface area contributed by atoms with Crippen LogP contribution >= 0.6 is 0 Å². The predicted octanol–water partition coefficient (Wildman–Crippen LogP) is -0.424. The highest BCUT2D eigenvalue weighted by molar-refractivity contribution is 7.80. The number of aromatic nitrogens is 1. The van der Waals surface area contributed by atoms with Crippen LogP contribution in [-0.4, -0.2) is 58.1 Å². The van der Waals surface area contributed by atoms with Crippen molar-refractivity contribution in [2.24, 2.45) is 7.05 Å². The number of nitrogens with one attached hydrogen (secondary N) is 1. The number of hydrogen-bond acceptors (Lipinski definition) is 6. The Morgan fingerprint density at radius 1 is 1.44 bits per heavy atom. The molecule has 2 bridgehead atoms. The zero-order valence-electron chi connectivity index (χ0n) is 13.4. The van der Waals surface area contributed by atoms with Crippen LogP contribution in [0.2, 0.25) is 0 Å². The fourth-order valence-corrected chi connectivity index (χ4v) is 3.39. The minimum absolute atomic E-state index is 0.129. The van der Waals surface area contributed by atoms with E-state index in [-0.39, 0.29) is 13.2 Å². The SMILES string of the molecule is Cn1cccc1CONC(=O)[C@@H]1CCC2CN1C(=O)N2OS(=O)(=O)O. The fraction of sp³-hybridized carbons (Fsp3) is 0.538. The molecule has 1 unspecified atom stereocenters. The summed E-state index contributed by atoms with van der Waals surface area (Å²) in [5.41, 5.74) is 3.17. The number of hydroxylamine groups is 3. The molecule has 2 aliphatic heterocycles. The van der Waals surface area contributed by atoms with E-state index in [2.05, 4.69) is 9.76 Å². The van der Waals surface area contributed by atoms with Gasteiger partial charge in [-0.1, -0.05) is 0 Å². The molecule has 0 radical (unpaired) electrons. The van der Waals surface area contributed by atoms with Crippen LogP contribution in [-0.2, 0) is 38.0 Å². The Kier molecular flexibility index (Phi) is 4.69. The van der Waals surface area contributed by atoms with Crippen molar-refractivity contribution in [1.82, 2.24) is 20.0 Å². The molecule has 2 aliphatic rings. The molecule has 1 aromatic rings. The van der Waals surface area contributed by atoms with Crippen molar-refractivity contribution in [1.29, 1.82) is 0 Å². The Morgan fingerprint density at radius 3 is 2.84 bits per heavy atom. The van der Waals surface area contributed by atoms with Crippen LogP contribution in [0.3, 0.4) is 0 Å². The molecule has 0 aliphatic carbocycles. The van der Waals surface area contributed by atoms with Gasteiger partial charge in [-0.3, -0.25) is 14.2 Å². The molecule has 0 spiro atoms. The first-order valence-electron chi connectivity index (χ1n) is 7.55. The van der Waals surface area contributed by atoms with Crippen LogP contribution in [0.1, 0.15) is 18.5 Å². The van der Waals surface area contributed by atoms with Gasteiger partial charge in [0.1, 0.15) is 12.6 Å². The maximum Gasteiger partial charge on any atom is 0.418 e. The summed E-state index contributed by atoms with van der Waals surface area (Å²) in [4.78, 5) is 30.9. The number of urea groups is 1. The summed E-state index contributed by atoms with van der Waals surface area (Å²) in [7, 11) is -2.97. The number of piperidine rings is 1. The smallest absolute Gasteiger partial charge is 0.352 e. The Hall–Kier alpha value is -2.15. The fourth-order valence-electron chi connectivity index (χ4n) is 3.00. The van der Waals surface area contributed by atoms with E-state index in [0.717, 1.165) is 5.69 Å². The van der Waals surface area contributed by atoms with Gasteiger partial charge in [-0.2, -0.15) is 13.5 Å². The molecule has 138 valence electrons. The lowest BCUT2D eigenvalue weighted by molar-refractivity contribution is -0.140. The molecule has 3 heterocycles. The van der Waals surface area contributed by atoms with Crippen molar-refractivity contribution in [2.45, 2.75) is 31.5 Å². The van der Waals surface area contributed by atoms with Crippen LogP contribution in [0.15, 0.2) is 18.3 Å². The number of carbonyl (C=O) groups is 2. The largest absolute Gasteiger partial charge is 0.418 e. The number of aryl methyl sites for hydroxylation is 1. The van der Waals surface area contributed by atoms with Crippen LogP contribution in [0, 0.1) is 0 Å². The minimum Gasteiger partial charge on any atom is -0.352 e. The van der Waals surface area contributed by atoms with E-state index >= 15 is 0 Å². The number of nitrogens with zero attached hydrogens (tertiary/aromatic N) is 3. The Bertz CT molecular complexity index is 777. The maximum atomic E-state index is 12.3. The number of fused-ring (bicyclic) bond motifs is 2. The van der Waals surface area contributed by atoms with Crippen LogP contribution < -0.4 is 5.48 Å². The third-order valence-corrected chi connectivity index (χ3v) is 4.59. The van der Waals surface area contributed by atoms with Gasteiger partial charge in [0.25, 0.3) is 5.91 Å². The van der Waals surface area contributed by atoms with Gasteiger partial charge in [0.05, 0.1) is 6.04 Å². The average molecular weight is 374 g/mol. The number of hydrogen-bond donors (Lipinski definition) is 2. The Labute approximate surface area is 143 Å². The third-order valence-electron chi connectivity index (χ3n) is 4.24. The van der Waals surface area contributed by atoms with Crippen molar-refractivity contribution in [2.75, 3.05) is 6.54 Å². The molecule has 3 amide bonds. The number of rotatable bonds is 6. The van der Waals surface area contributed by atoms with Crippen LogP contribution in [0.4, 0.5) is 4.79 Å². The molecule has 0 aromatic carbocycles. The molecule has 2 fully saturated rings. The van der Waals surface area contributed by atoms with Crippen LogP contribution in [0.25, 0.3) is 0 Å². The molecule has 3 rings (SSSR count). The quantitative estimate of drug-likeness (QED) is 0.511. The first-order chi connectivity index (χ1) is 11.8. The second kappa shape index (κ2) is 6.63. The summed E-state index contributed by atoms with van der Waals surface area (Å²) in [6.07, 6.45) is 2.52. The van der Waals surface area contributed by atoms with Gasteiger partial charge in [-0.05, 0) is 25.0 Å².